The Kier molecular flexibility index (Phi) is 3.72. The van der Waals surface area contributed by atoms with Crippen molar-refractivity contribution in [2.24, 2.45) is 5.73 Å². The Balaban J connectivity index is 1.94. The molecule has 1 aromatic heterocycles. The van der Waals surface area contributed by atoms with Crippen LogP contribution in [0.3, 0.4) is 0 Å². The molecular weight excluding hydrogens is 256 g/mol. The first-order valence-electron chi connectivity index (χ1n) is 7.34. The highest BCUT2D eigenvalue weighted by Crippen LogP contribution is 2.24. The number of pyridine rings is 1. The summed E-state index contributed by atoms with van der Waals surface area (Å²) in [5.74, 6) is 0. The molecule has 1 heterocycles. The molecular formula is C19H20N2. The van der Waals surface area contributed by atoms with Crippen molar-refractivity contribution in [2.45, 2.75) is 26.3 Å². The summed E-state index contributed by atoms with van der Waals surface area (Å²) in [5.41, 5.74) is 11.7. The first kappa shape index (κ1) is 13.8. The third-order valence-electron chi connectivity index (χ3n) is 3.67. The molecule has 21 heavy (non-hydrogen) atoms. The summed E-state index contributed by atoms with van der Waals surface area (Å²) >= 11 is 0. The van der Waals surface area contributed by atoms with Crippen LogP contribution in [0.5, 0.6) is 0 Å². The second-order valence-electron chi connectivity index (χ2n) is 5.74. The van der Waals surface area contributed by atoms with E-state index in [0.29, 0.717) is 0 Å². The van der Waals surface area contributed by atoms with E-state index in [4.69, 9.17) is 5.73 Å². The van der Waals surface area contributed by atoms with E-state index in [0.717, 1.165) is 17.6 Å². The van der Waals surface area contributed by atoms with Gasteiger partial charge in [0, 0.05) is 17.1 Å². The Bertz CT molecular complexity index is 758. The summed E-state index contributed by atoms with van der Waals surface area (Å²) in [5, 5.41) is 1.18. The van der Waals surface area contributed by atoms with Gasteiger partial charge in [0.05, 0.1) is 5.52 Å². The number of fused-ring (bicyclic) bond motifs is 1. The molecule has 0 fully saturated rings. The van der Waals surface area contributed by atoms with Gasteiger partial charge in [-0.3, -0.25) is 4.98 Å². The van der Waals surface area contributed by atoms with Gasteiger partial charge in [0.25, 0.3) is 0 Å². The quantitative estimate of drug-likeness (QED) is 0.782. The lowest BCUT2D eigenvalue weighted by Crippen LogP contribution is -2.17. The minimum Gasteiger partial charge on any atom is -0.328 e. The molecule has 3 rings (SSSR count). The van der Waals surface area contributed by atoms with Crippen LogP contribution in [-0.2, 0) is 6.42 Å². The minimum atomic E-state index is 0.200. The lowest BCUT2D eigenvalue weighted by atomic mass is 10.00. The van der Waals surface area contributed by atoms with Crippen LogP contribution in [0.25, 0.3) is 22.0 Å². The van der Waals surface area contributed by atoms with Crippen LogP contribution in [0, 0.1) is 6.92 Å². The molecule has 106 valence electrons. The van der Waals surface area contributed by atoms with E-state index in [9.17, 15) is 0 Å². The van der Waals surface area contributed by atoms with Crippen LogP contribution in [0.4, 0.5) is 0 Å². The summed E-state index contributed by atoms with van der Waals surface area (Å²) < 4.78 is 0. The summed E-state index contributed by atoms with van der Waals surface area (Å²) in [6, 6.07) is 19.5. The van der Waals surface area contributed by atoms with E-state index in [1.165, 1.54) is 22.1 Å². The fraction of sp³-hybridized carbons (Fsp3) is 0.211. The molecule has 3 aromatic rings. The van der Waals surface area contributed by atoms with Gasteiger partial charge in [-0.05, 0) is 55.2 Å². The van der Waals surface area contributed by atoms with Crippen molar-refractivity contribution in [1.29, 1.82) is 0 Å². The molecule has 2 N–H and O–H groups in total. The van der Waals surface area contributed by atoms with E-state index in [2.05, 4.69) is 59.6 Å². The molecule has 1 atom stereocenters. The lowest BCUT2D eigenvalue weighted by Gasteiger charge is -2.08. The van der Waals surface area contributed by atoms with E-state index in [1.807, 2.05) is 13.8 Å². The predicted octanol–water partition coefficient (Wildman–Crippen LogP) is 4.10. The van der Waals surface area contributed by atoms with Gasteiger partial charge in [-0.1, -0.05) is 36.4 Å². The van der Waals surface area contributed by atoms with Gasteiger partial charge in [-0.2, -0.15) is 0 Å². The molecule has 2 nitrogen and oxygen atoms in total. The van der Waals surface area contributed by atoms with E-state index in [1.54, 1.807) is 0 Å². The van der Waals surface area contributed by atoms with Gasteiger partial charge in [-0.25, -0.2) is 0 Å². The second kappa shape index (κ2) is 5.66. The molecule has 0 saturated heterocycles. The number of hydrogen-bond acceptors (Lipinski definition) is 2. The Morgan fingerprint density at radius 2 is 1.67 bits per heavy atom. The van der Waals surface area contributed by atoms with Gasteiger partial charge >= 0.3 is 0 Å². The van der Waals surface area contributed by atoms with Crippen molar-refractivity contribution < 1.29 is 0 Å². The lowest BCUT2D eigenvalue weighted by molar-refractivity contribution is 0.738. The number of hydrogen-bond donors (Lipinski definition) is 1. The maximum atomic E-state index is 5.84. The van der Waals surface area contributed by atoms with E-state index < -0.39 is 0 Å². The molecule has 0 saturated carbocycles. The summed E-state index contributed by atoms with van der Waals surface area (Å²) in [6.45, 7) is 4.05. The summed E-state index contributed by atoms with van der Waals surface area (Å²) in [6.07, 6.45) is 0.918. The number of benzene rings is 2. The predicted molar refractivity (Wildman–Crippen MR) is 89.3 cm³/mol. The van der Waals surface area contributed by atoms with Crippen LogP contribution in [0.2, 0.25) is 0 Å². The molecule has 0 spiro atoms. The Morgan fingerprint density at radius 1 is 0.952 bits per heavy atom. The molecule has 0 radical (unpaired) electrons. The maximum absolute atomic E-state index is 5.84. The molecule has 0 aliphatic carbocycles. The molecule has 1 unspecified atom stereocenters. The minimum absolute atomic E-state index is 0.200. The SMILES string of the molecule is Cc1ccc2cc(-c3ccc(CC(C)N)cc3)ccc2n1. The van der Waals surface area contributed by atoms with Crippen molar-refractivity contribution >= 4 is 10.9 Å². The molecule has 0 aliphatic rings. The third kappa shape index (κ3) is 3.11. The average Bonchev–Trinajstić information content (AvgIpc) is 2.47. The molecule has 2 aromatic carbocycles. The van der Waals surface area contributed by atoms with Crippen molar-refractivity contribution in [1.82, 2.24) is 4.98 Å². The number of rotatable bonds is 3. The van der Waals surface area contributed by atoms with E-state index >= 15 is 0 Å². The average molecular weight is 276 g/mol. The fourth-order valence-electron chi connectivity index (χ4n) is 2.61. The van der Waals surface area contributed by atoms with Crippen LogP contribution in [0.1, 0.15) is 18.2 Å². The van der Waals surface area contributed by atoms with Crippen molar-refractivity contribution in [3.05, 3.63) is 65.9 Å². The van der Waals surface area contributed by atoms with Gasteiger partial charge in [0.15, 0.2) is 0 Å². The van der Waals surface area contributed by atoms with Crippen LogP contribution >= 0.6 is 0 Å². The van der Waals surface area contributed by atoms with Crippen molar-refractivity contribution in [2.75, 3.05) is 0 Å². The zero-order valence-electron chi connectivity index (χ0n) is 12.5. The molecule has 0 aliphatic heterocycles. The fourth-order valence-corrected chi connectivity index (χ4v) is 2.61. The summed E-state index contributed by atoms with van der Waals surface area (Å²) in [7, 11) is 0. The number of aromatic nitrogens is 1. The van der Waals surface area contributed by atoms with Crippen LogP contribution < -0.4 is 5.73 Å². The summed E-state index contributed by atoms with van der Waals surface area (Å²) in [4.78, 5) is 4.54. The second-order valence-corrected chi connectivity index (χ2v) is 5.74. The number of nitrogens with two attached hydrogens (primary N) is 1. The zero-order chi connectivity index (χ0) is 14.8. The highest BCUT2D eigenvalue weighted by Gasteiger charge is 2.02. The van der Waals surface area contributed by atoms with E-state index in [-0.39, 0.29) is 6.04 Å². The van der Waals surface area contributed by atoms with Gasteiger partial charge in [0.2, 0.25) is 0 Å². The third-order valence-corrected chi connectivity index (χ3v) is 3.67. The number of aryl methyl sites for hydroxylation is 1. The van der Waals surface area contributed by atoms with Gasteiger partial charge in [0.1, 0.15) is 0 Å². The smallest absolute Gasteiger partial charge is 0.0705 e. The topological polar surface area (TPSA) is 38.9 Å². The normalized spacial score (nSPS) is 12.5. The van der Waals surface area contributed by atoms with Gasteiger partial charge in [-0.15, -0.1) is 0 Å². The van der Waals surface area contributed by atoms with Crippen molar-refractivity contribution in [3.8, 4) is 11.1 Å². The Hall–Kier alpha value is -2.19. The van der Waals surface area contributed by atoms with Gasteiger partial charge < -0.3 is 5.73 Å². The highest BCUT2D eigenvalue weighted by atomic mass is 14.7. The molecule has 0 amide bonds. The molecule has 2 heteroatoms. The molecule has 0 bridgehead atoms. The number of nitrogens with zero attached hydrogens (tertiary/aromatic N) is 1. The first-order chi connectivity index (χ1) is 10.1. The standard InChI is InChI=1S/C19H20N2/c1-13(20)11-15-4-7-16(8-5-15)17-9-10-19-18(12-17)6-3-14(2)21-19/h3-10,12-13H,11,20H2,1-2H3. The largest absolute Gasteiger partial charge is 0.328 e. The monoisotopic (exact) mass is 276 g/mol. The highest BCUT2D eigenvalue weighted by molar-refractivity contribution is 5.84. The van der Waals surface area contributed by atoms with Crippen LogP contribution in [0.15, 0.2) is 54.6 Å². The first-order valence-corrected chi connectivity index (χ1v) is 7.34. The maximum Gasteiger partial charge on any atom is 0.0705 e. The Labute approximate surface area is 125 Å². The zero-order valence-corrected chi connectivity index (χ0v) is 12.5. The Morgan fingerprint density at radius 3 is 2.38 bits per heavy atom. The van der Waals surface area contributed by atoms with Crippen LogP contribution in [-0.4, -0.2) is 11.0 Å². The van der Waals surface area contributed by atoms with Crippen molar-refractivity contribution in [3.63, 3.8) is 0 Å².